The lowest BCUT2D eigenvalue weighted by molar-refractivity contribution is 0.552. The summed E-state index contributed by atoms with van der Waals surface area (Å²) < 4.78 is 0. The van der Waals surface area contributed by atoms with E-state index in [1.807, 2.05) is 0 Å². The minimum atomic E-state index is 0.906. The molecular weight excluding hydrogens is 236 g/mol. The third-order valence-corrected chi connectivity index (χ3v) is 3.78. The molecule has 0 aliphatic carbocycles. The highest BCUT2D eigenvalue weighted by Gasteiger charge is 2.16. The van der Waals surface area contributed by atoms with Gasteiger partial charge in [0, 0.05) is 25.2 Å². The van der Waals surface area contributed by atoms with E-state index in [1.165, 1.54) is 37.7 Å². The van der Waals surface area contributed by atoms with Gasteiger partial charge in [0.15, 0.2) is 0 Å². The zero-order valence-electron chi connectivity index (χ0n) is 12.3. The Morgan fingerprint density at radius 3 is 2.37 bits per heavy atom. The summed E-state index contributed by atoms with van der Waals surface area (Å²) in [4.78, 5) is 11.4. The molecule has 1 fully saturated rings. The summed E-state index contributed by atoms with van der Waals surface area (Å²) in [5.74, 6) is 2.16. The predicted molar refractivity (Wildman–Crippen MR) is 80.9 cm³/mol. The van der Waals surface area contributed by atoms with Gasteiger partial charge in [-0.1, -0.05) is 26.2 Å². The minimum Gasteiger partial charge on any atom is -0.370 e. The summed E-state index contributed by atoms with van der Waals surface area (Å²) >= 11 is 0. The van der Waals surface area contributed by atoms with Crippen molar-refractivity contribution < 1.29 is 0 Å². The number of nitrogens with one attached hydrogen (secondary N) is 1. The van der Waals surface area contributed by atoms with Crippen molar-refractivity contribution in [2.45, 2.75) is 52.4 Å². The lowest BCUT2D eigenvalue weighted by atomic mass is 10.1. The first-order valence-corrected chi connectivity index (χ1v) is 7.69. The normalized spacial score (nSPS) is 16.8. The van der Waals surface area contributed by atoms with Crippen molar-refractivity contribution in [3.63, 3.8) is 0 Å². The molecular formula is C15H26N4. The van der Waals surface area contributed by atoms with Gasteiger partial charge >= 0.3 is 0 Å². The van der Waals surface area contributed by atoms with Crippen LogP contribution in [0.5, 0.6) is 0 Å². The summed E-state index contributed by atoms with van der Waals surface area (Å²) in [6.07, 6.45) is 9.33. The van der Waals surface area contributed by atoms with Gasteiger partial charge in [0.2, 0.25) is 0 Å². The Morgan fingerprint density at radius 2 is 1.74 bits per heavy atom. The highest BCUT2D eigenvalue weighted by molar-refractivity contribution is 5.58. The van der Waals surface area contributed by atoms with Gasteiger partial charge in [-0.05, 0) is 26.2 Å². The Balaban J connectivity index is 2.23. The van der Waals surface area contributed by atoms with E-state index in [0.29, 0.717) is 0 Å². The summed E-state index contributed by atoms with van der Waals surface area (Å²) in [6.45, 7) is 7.47. The molecule has 0 spiro atoms. The molecule has 0 unspecified atom stereocenters. The fourth-order valence-electron chi connectivity index (χ4n) is 2.78. The number of aromatic nitrogens is 2. The van der Waals surface area contributed by atoms with Crippen molar-refractivity contribution in [2.75, 3.05) is 29.9 Å². The van der Waals surface area contributed by atoms with Crippen molar-refractivity contribution in [3.8, 4) is 0 Å². The van der Waals surface area contributed by atoms with E-state index in [1.54, 1.807) is 6.33 Å². The summed E-state index contributed by atoms with van der Waals surface area (Å²) in [5.41, 5.74) is 1.27. The third-order valence-electron chi connectivity index (χ3n) is 3.78. The molecule has 0 amide bonds. The molecule has 0 saturated carbocycles. The Labute approximate surface area is 116 Å². The van der Waals surface area contributed by atoms with E-state index < -0.39 is 0 Å². The van der Waals surface area contributed by atoms with Crippen LogP contribution in [0.4, 0.5) is 11.6 Å². The van der Waals surface area contributed by atoms with Crippen LogP contribution in [0.3, 0.4) is 0 Å². The van der Waals surface area contributed by atoms with Crippen LogP contribution in [0.25, 0.3) is 0 Å². The topological polar surface area (TPSA) is 41.1 Å². The van der Waals surface area contributed by atoms with Gasteiger partial charge in [-0.25, -0.2) is 9.97 Å². The molecule has 4 nitrogen and oxygen atoms in total. The summed E-state index contributed by atoms with van der Waals surface area (Å²) in [6, 6.07) is 0. The fraction of sp³-hybridized carbons (Fsp3) is 0.733. The van der Waals surface area contributed by atoms with Gasteiger partial charge in [-0.3, -0.25) is 0 Å². The minimum absolute atomic E-state index is 0.906. The van der Waals surface area contributed by atoms with Crippen molar-refractivity contribution >= 4 is 11.6 Å². The first kappa shape index (κ1) is 14.1. The third kappa shape index (κ3) is 3.58. The lowest BCUT2D eigenvalue weighted by Gasteiger charge is -2.28. The van der Waals surface area contributed by atoms with Gasteiger partial charge in [0.25, 0.3) is 0 Å². The fourth-order valence-corrected chi connectivity index (χ4v) is 2.78. The summed E-state index contributed by atoms with van der Waals surface area (Å²) in [5, 5.41) is 3.36. The van der Waals surface area contributed by atoms with Gasteiger partial charge in [0.05, 0.1) is 0 Å². The molecule has 19 heavy (non-hydrogen) atoms. The Bertz CT molecular complexity index is 384. The van der Waals surface area contributed by atoms with E-state index in [9.17, 15) is 0 Å². The molecule has 106 valence electrons. The largest absolute Gasteiger partial charge is 0.370 e. The van der Waals surface area contributed by atoms with Crippen LogP contribution in [-0.2, 0) is 6.42 Å². The Kier molecular flexibility index (Phi) is 5.43. The molecule has 2 rings (SSSR count). The van der Waals surface area contributed by atoms with Crippen LogP contribution in [0.1, 0.15) is 51.5 Å². The second kappa shape index (κ2) is 7.31. The van der Waals surface area contributed by atoms with E-state index in [2.05, 4.69) is 34.0 Å². The molecule has 1 aliphatic heterocycles. The van der Waals surface area contributed by atoms with Crippen LogP contribution in [0.15, 0.2) is 6.33 Å². The highest BCUT2D eigenvalue weighted by Crippen LogP contribution is 2.25. The van der Waals surface area contributed by atoms with Crippen LogP contribution in [-0.4, -0.2) is 29.6 Å². The first-order chi connectivity index (χ1) is 9.36. The van der Waals surface area contributed by atoms with Gasteiger partial charge < -0.3 is 10.2 Å². The maximum Gasteiger partial charge on any atom is 0.137 e. The molecule has 1 aromatic heterocycles. The number of nitrogens with zero attached hydrogens (tertiary/aromatic N) is 3. The average molecular weight is 262 g/mol. The zero-order valence-corrected chi connectivity index (χ0v) is 12.3. The van der Waals surface area contributed by atoms with E-state index in [0.717, 1.165) is 37.7 Å². The number of anilines is 2. The zero-order chi connectivity index (χ0) is 13.5. The van der Waals surface area contributed by atoms with Gasteiger partial charge in [0.1, 0.15) is 18.0 Å². The summed E-state index contributed by atoms with van der Waals surface area (Å²) in [7, 11) is 0. The van der Waals surface area contributed by atoms with Crippen molar-refractivity contribution in [1.29, 1.82) is 0 Å². The van der Waals surface area contributed by atoms with Crippen LogP contribution in [0, 0.1) is 0 Å². The monoisotopic (exact) mass is 262 g/mol. The van der Waals surface area contributed by atoms with Crippen molar-refractivity contribution in [1.82, 2.24) is 9.97 Å². The van der Waals surface area contributed by atoms with E-state index >= 15 is 0 Å². The molecule has 0 aromatic carbocycles. The maximum absolute atomic E-state index is 4.56. The lowest BCUT2D eigenvalue weighted by Crippen LogP contribution is -2.29. The number of hydrogen-bond acceptors (Lipinski definition) is 4. The van der Waals surface area contributed by atoms with E-state index in [-0.39, 0.29) is 0 Å². The molecule has 1 aromatic rings. The molecule has 1 N–H and O–H groups in total. The van der Waals surface area contributed by atoms with Gasteiger partial charge in [-0.2, -0.15) is 0 Å². The second-order valence-electron chi connectivity index (χ2n) is 5.16. The predicted octanol–water partition coefficient (Wildman–Crippen LogP) is 3.24. The quantitative estimate of drug-likeness (QED) is 0.904. The second-order valence-corrected chi connectivity index (χ2v) is 5.16. The van der Waals surface area contributed by atoms with Gasteiger partial charge in [-0.15, -0.1) is 0 Å². The maximum atomic E-state index is 4.56. The number of rotatable bonds is 4. The van der Waals surface area contributed by atoms with Crippen LogP contribution >= 0.6 is 0 Å². The van der Waals surface area contributed by atoms with Crippen LogP contribution in [0.2, 0.25) is 0 Å². The molecule has 0 radical (unpaired) electrons. The average Bonchev–Trinajstić information content (AvgIpc) is 2.38. The molecule has 0 bridgehead atoms. The van der Waals surface area contributed by atoms with Crippen molar-refractivity contribution in [3.05, 3.63) is 11.9 Å². The highest BCUT2D eigenvalue weighted by atomic mass is 15.2. The molecule has 1 saturated heterocycles. The van der Waals surface area contributed by atoms with E-state index in [4.69, 9.17) is 0 Å². The van der Waals surface area contributed by atoms with Crippen molar-refractivity contribution in [2.24, 2.45) is 0 Å². The molecule has 0 atom stereocenters. The standard InChI is InChI=1S/C15H26N4/c1-3-13-14(16-4-2)17-12-18-15(13)19-10-8-6-5-7-9-11-19/h12H,3-11H2,1-2H3,(H,16,17,18). The Morgan fingerprint density at radius 1 is 1.05 bits per heavy atom. The molecule has 4 heteroatoms. The smallest absolute Gasteiger partial charge is 0.137 e. The van der Waals surface area contributed by atoms with Crippen LogP contribution < -0.4 is 10.2 Å². The first-order valence-electron chi connectivity index (χ1n) is 7.69. The Hall–Kier alpha value is -1.32. The SMILES string of the molecule is CCNc1ncnc(N2CCCCCCC2)c1CC. The molecule has 2 heterocycles. The number of hydrogen-bond donors (Lipinski definition) is 1. The molecule has 1 aliphatic rings.